The molecule has 2 aromatic rings. The van der Waals surface area contributed by atoms with Crippen LogP contribution in [0, 0.1) is 5.92 Å². The number of halogens is 1. The highest BCUT2D eigenvalue weighted by molar-refractivity contribution is 6.29. The second-order valence-electron chi connectivity index (χ2n) is 4.24. The number of hydrogen-bond acceptors (Lipinski definition) is 4. The van der Waals surface area contributed by atoms with Crippen molar-refractivity contribution < 1.29 is 5.11 Å². The van der Waals surface area contributed by atoms with E-state index in [1.54, 1.807) is 22.8 Å². The fraction of sp³-hybridized carbons (Fsp3) is 0.455. The van der Waals surface area contributed by atoms with E-state index in [1.807, 2.05) is 13.8 Å². The van der Waals surface area contributed by atoms with Crippen molar-refractivity contribution in [3.63, 3.8) is 0 Å². The summed E-state index contributed by atoms with van der Waals surface area (Å²) in [5.74, 6) is 1.04. The SMILES string of the molecule is CC(C)[C@@H](CO)Nc1cc(Cl)nc2ccnn12. The van der Waals surface area contributed by atoms with Gasteiger partial charge in [-0.2, -0.15) is 9.61 Å². The van der Waals surface area contributed by atoms with Crippen molar-refractivity contribution in [1.82, 2.24) is 14.6 Å². The topological polar surface area (TPSA) is 62.5 Å². The van der Waals surface area contributed by atoms with Crippen molar-refractivity contribution in [2.45, 2.75) is 19.9 Å². The predicted octanol–water partition coefficient (Wildman–Crippen LogP) is 1.81. The molecule has 6 heteroatoms. The van der Waals surface area contributed by atoms with Crippen molar-refractivity contribution >= 4 is 23.1 Å². The van der Waals surface area contributed by atoms with Crippen LogP contribution in [0.3, 0.4) is 0 Å². The monoisotopic (exact) mass is 254 g/mol. The van der Waals surface area contributed by atoms with E-state index in [2.05, 4.69) is 15.4 Å². The summed E-state index contributed by atoms with van der Waals surface area (Å²) >= 11 is 5.93. The zero-order chi connectivity index (χ0) is 12.4. The lowest BCUT2D eigenvalue weighted by Gasteiger charge is -2.21. The predicted molar refractivity (Wildman–Crippen MR) is 67.3 cm³/mol. The first-order valence-corrected chi connectivity index (χ1v) is 5.87. The Kier molecular flexibility index (Phi) is 3.49. The lowest BCUT2D eigenvalue weighted by atomic mass is 10.1. The molecule has 0 bridgehead atoms. The fourth-order valence-electron chi connectivity index (χ4n) is 1.60. The highest BCUT2D eigenvalue weighted by atomic mass is 35.5. The third kappa shape index (κ3) is 2.50. The van der Waals surface area contributed by atoms with E-state index in [0.29, 0.717) is 16.7 Å². The summed E-state index contributed by atoms with van der Waals surface area (Å²) in [6.45, 7) is 4.13. The Hall–Kier alpha value is -1.33. The van der Waals surface area contributed by atoms with Crippen LogP contribution < -0.4 is 5.32 Å². The lowest BCUT2D eigenvalue weighted by molar-refractivity contribution is 0.249. The van der Waals surface area contributed by atoms with Crippen LogP contribution in [0.15, 0.2) is 18.3 Å². The molecule has 0 radical (unpaired) electrons. The summed E-state index contributed by atoms with van der Waals surface area (Å²) in [4.78, 5) is 4.14. The molecule has 0 aromatic carbocycles. The molecule has 2 rings (SSSR count). The molecule has 1 atom stereocenters. The van der Waals surface area contributed by atoms with E-state index in [4.69, 9.17) is 11.6 Å². The van der Waals surface area contributed by atoms with Crippen molar-refractivity contribution in [2.75, 3.05) is 11.9 Å². The molecule has 0 aliphatic carbocycles. The van der Waals surface area contributed by atoms with E-state index in [1.165, 1.54) is 0 Å². The van der Waals surface area contributed by atoms with E-state index < -0.39 is 0 Å². The van der Waals surface area contributed by atoms with Crippen LogP contribution in [-0.4, -0.2) is 32.4 Å². The van der Waals surface area contributed by atoms with Crippen LogP contribution in [0.2, 0.25) is 5.15 Å². The molecule has 0 aliphatic heterocycles. The lowest BCUT2D eigenvalue weighted by Crippen LogP contribution is -2.30. The highest BCUT2D eigenvalue weighted by Gasteiger charge is 2.14. The maximum Gasteiger partial charge on any atom is 0.159 e. The maximum atomic E-state index is 9.31. The van der Waals surface area contributed by atoms with Gasteiger partial charge in [-0.3, -0.25) is 0 Å². The van der Waals surface area contributed by atoms with Gasteiger partial charge in [0, 0.05) is 12.1 Å². The number of aliphatic hydroxyl groups is 1. The molecule has 0 fully saturated rings. The average Bonchev–Trinajstić information content (AvgIpc) is 2.72. The Morgan fingerprint density at radius 3 is 2.94 bits per heavy atom. The number of anilines is 1. The minimum Gasteiger partial charge on any atom is -0.394 e. The van der Waals surface area contributed by atoms with Crippen LogP contribution >= 0.6 is 11.6 Å². The van der Waals surface area contributed by atoms with E-state index in [9.17, 15) is 5.11 Å². The first kappa shape index (κ1) is 12.1. The molecule has 2 aromatic heterocycles. The summed E-state index contributed by atoms with van der Waals surface area (Å²) in [6.07, 6.45) is 1.66. The van der Waals surface area contributed by atoms with Gasteiger partial charge in [-0.25, -0.2) is 4.98 Å². The van der Waals surface area contributed by atoms with Gasteiger partial charge in [0.15, 0.2) is 5.65 Å². The highest BCUT2D eigenvalue weighted by Crippen LogP contribution is 2.18. The first-order valence-electron chi connectivity index (χ1n) is 5.49. The van der Waals surface area contributed by atoms with E-state index >= 15 is 0 Å². The quantitative estimate of drug-likeness (QED) is 0.817. The van der Waals surface area contributed by atoms with Crippen molar-refractivity contribution in [2.24, 2.45) is 5.92 Å². The van der Waals surface area contributed by atoms with Crippen molar-refractivity contribution in [3.05, 3.63) is 23.5 Å². The molecule has 0 saturated carbocycles. The zero-order valence-corrected chi connectivity index (χ0v) is 10.5. The van der Waals surface area contributed by atoms with Gasteiger partial charge >= 0.3 is 0 Å². The molecular weight excluding hydrogens is 240 g/mol. The van der Waals surface area contributed by atoms with Crippen molar-refractivity contribution in [3.8, 4) is 0 Å². The standard InChI is InChI=1S/C11H15ClN4O/c1-7(2)8(6-17)14-11-5-9(12)15-10-3-4-13-16(10)11/h3-5,7-8,14,17H,6H2,1-2H3/t8-/m1/s1. The fourth-order valence-corrected chi connectivity index (χ4v) is 1.79. The molecule has 5 nitrogen and oxygen atoms in total. The average molecular weight is 255 g/mol. The van der Waals surface area contributed by atoms with E-state index in [-0.39, 0.29) is 12.6 Å². The van der Waals surface area contributed by atoms with Gasteiger partial charge in [0.2, 0.25) is 0 Å². The Labute approximate surface area is 104 Å². The van der Waals surface area contributed by atoms with Gasteiger partial charge < -0.3 is 10.4 Å². The second kappa shape index (κ2) is 4.89. The Morgan fingerprint density at radius 1 is 1.53 bits per heavy atom. The normalized spacial score (nSPS) is 13.2. The van der Waals surface area contributed by atoms with Gasteiger partial charge in [-0.15, -0.1) is 0 Å². The minimum atomic E-state index is -0.0409. The largest absolute Gasteiger partial charge is 0.394 e. The van der Waals surface area contributed by atoms with Gasteiger partial charge in [0.25, 0.3) is 0 Å². The third-order valence-electron chi connectivity index (χ3n) is 2.66. The molecule has 2 heterocycles. The van der Waals surface area contributed by atoms with Gasteiger partial charge in [-0.1, -0.05) is 25.4 Å². The zero-order valence-electron chi connectivity index (χ0n) is 9.76. The van der Waals surface area contributed by atoms with Crippen molar-refractivity contribution in [1.29, 1.82) is 0 Å². The maximum absolute atomic E-state index is 9.31. The molecule has 0 amide bonds. The second-order valence-corrected chi connectivity index (χ2v) is 4.63. The Balaban J connectivity index is 2.37. The van der Waals surface area contributed by atoms with Crippen LogP contribution in [0.4, 0.5) is 5.82 Å². The molecule has 0 aliphatic rings. The third-order valence-corrected chi connectivity index (χ3v) is 2.86. The molecule has 92 valence electrons. The van der Waals surface area contributed by atoms with E-state index in [0.717, 1.165) is 5.82 Å². The number of fused-ring (bicyclic) bond motifs is 1. The number of nitrogens with zero attached hydrogens (tertiary/aromatic N) is 3. The summed E-state index contributed by atoms with van der Waals surface area (Å²) in [7, 11) is 0. The molecular formula is C11H15ClN4O. The summed E-state index contributed by atoms with van der Waals surface area (Å²) < 4.78 is 1.66. The smallest absolute Gasteiger partial charge is 0.159 e. The number of aliphatic hydroxyl groups excluding tert-OH is 1. The molecule has 0 spiro atoms. The molecule has 2 N–H and O–H groups in total. The minimum absolute atomic E-state index is 0.0409. The molecule has 17 heavy (non-hydrogen) atoms. The van der Waals surface area contributed by atoms with Crippen LogP contribution in [0.5, 0.6) is 0 Å². The number of rotatable bonds is 4. The Bertz CT molecular complexity index is 511. The molecule has 0 unspecified atom stereocenters. The molecule has 0 saturated heterocycles. The number of hydrogen-bond donors (Lipinski definition) is 2. The number of aromatic nitrogens is 3. The van der Waals surface area contributed by atoms with Gasteiger partial charge in [0.1, 0.15) is 11.0 Å². The van der Waals surface area contributed by atoms with Crippen LogP contribution in [0.1, 0.15) is 13.8 Å². The Morgan fingerprint density at radius 2 is 2.29 bits per heavy atom. The number of nitrogens with one attached hydrogen (secondary N) is 1. The van der Waals surface area contributed by atoms with Crippen LogP contribution in [-0.2, 0) is 0 Å². The summed E-state index contributed by atoms with van der Waals surface area (Å²) in [5.41, 5.74) is 0.681. The summed E-state index contributed by atoms with van der Waals surface area (Å²) in [5, 5.41) is 17.1. The van der Waals surface area contributed by atoms with Gasteiger partial charge in [0.05, 0.1) is 18.8 Å². The summed E-state index contributed by atoms with van der Waals surface area (Å²) in [6, 6.07) is 3.44. The van der Waals surface area contributed by atoms with Gasteiger partial charge in [-0.05, 0) is 5.92 Å². The first-order chi connectivity index (χ1) is 8.11. The van der Waals surface area contributed by atoms with Crippen LogP contribution in [0.25, 0.3) is 5.65 Å².